The molecule has 0 aliphatic carbocycles. The SMILES string of the molecule is CCC1CN(CCS(=O)(=O)c2cccc(C#N)c2)CCS1. The lowest BCUT2D eigenvalue weighted by molar-refractivity contribution is 0.297. The molecule has 1 saturated heterocycles. The van der Waals surface area contributed by atoms with Crippen LogP contribution in [-0.2, 0) is 9.84 Å². The van der Waals surface area contributed by atoms with Gasteiger partial charge in [-0.25, -0.2) is 8.42 Å². The Balaban J connectivity index is 1.99. The minimum Gasteiger partial charge on any atom is -0.300 e. The van der Waals surface area contributed by atoms with Crippen LogP contribution in [0.3, 0.4) is 0 Å². The summed E-state index contributed by atoms with van der Waals surface area (Å²) in [5.74, 6) is 1.19. The number of rotatable bonds is 5. The summed E-state index contributed by atoms with van der Waals surface area (Å²) in [6, 6.07) is 8.24. The van der Waals surface area contributed by atoms with E-state index in [2.05, 4.69) is 11.8 Å². The van der Waals surface area contributed by atoms with Crippen molar-refractivity contribution in [3.8, 4) is 6.07 Å². The van der Waals surface area contributed by atoms with Gasteiger partial charge in [-0.3, -0.25) is 0 Å². The van der Waals surface area contributed by atoms with Crippen LogP contribution in [0.5, 0.6) is 0 Å². The van der Waals surface area contributed by atoms with Crippen LogP contribution in [0.15, 0.2) is 29.2 Å². The highest BCUT2D eigenvalue weighted by atomic mass is 32.2. The quantitative estimate of drug-likeness (QED) is 0.830. The first-order valence-corrected chi connectivity index (χ1v) is 9.82. The van der Waals surface area contributed by atoms with Crippen LogP contribution in [0.2, 0.25) is 0 Å². The first kappa shape index (κ1) is 16.3. The van der Waals surface area contributed by atoms with Crippen LogP contribution in [-0.4, -0.2) is 49.7 Å². The summed E-state index contributed by atoms with van der Waals surface area (Å²) < 4.78 is 24.7. The van der Waals surface area contributed by atoms with E-state index in [1.165, 1.54) is 6.07 Å². The second kappa shape index (κ2) is 7.30. The summed E-state index contributed by atoms with van der Waals surface area (Å²) in [5, 5.41) is 9.48. The van der Waals surface area contributed by atoms with Crippen molar-refractivity contribution in [3.63, 3.8) is 0 Å². The van der Waals surface area contributed by atoms with Crippen LogP contribution in [0.25, 0.3) is 0 Å². The molecule has 1 fully saturated rings. The van der Waals surface area contributed by atoms with Gasteiger partial charge in [-0.05, 0) is 24.6 Å². The van der Waals surface area contributed by atoms with Crippen LogP contribution >= 0.6 is 11.8 Å². The average molecular weight is 324 g/mol. The average Bonchev–Trinajstić information content (AvgIpc) is 2.53. The molecule has 21 heavy (non-hydrogen) atoms. The number of nitriles is 1. The molecule has 1 aliphatic rings. The minimum atomic E-state index is -3.32. The Labute approximate surface area is 131 Å². The smallest absolute Gasteiger partial charge is 0.179 e. The fourth-order valence-corrected chi connectivity index (χ4v) is 4.93. The van der Waals surface area contributed by atoms with Crippen LogP contribution < -0.4 is 0 Å². The minimum absolute atomic E-state index is 0.114. The van der Waals surface area contributed by atoms with Crippen LogP contribution in [0.4, 0.5) is 0 Å². The van der Waals surface area contributed by atoms with Gasteiger partial charge in [0.25, 0.3) is 0 Å². The summed E-state index contributed by atoms with van der Waals surface area (Å²) in [6.07, 6.45) is 1.12. The van der Waals surface area contributed by atoms with E-state index < -0.39 is 9.84 Å². The number of hydrogen-bond donors (Lipinski definition) is 0. The molecule has 6 heteroatoms. The topological polar surface area (TPSA) is 61.2 Å². The normalized spacial score (nSPS) is 20.1. The largest absolute Gasteiger partial charge is 0.300 e. The van der Waals surface area contributed by atoms with Gasteiger partial charge in [-0.1, -0.05) is 13.0 Å². The van der Waals surface area contributed by atoms with Gasteiger partial charge in [0.05, 0.1) is 22.3 Å². The van der Waals surface area contributed by atoms with Crippen LogP contribution in [0.1, 0.15) is 18.9 Å². The fraction of sp³-hybridized carbons (Fsp3) is 0.533. The zero-order valence-electron chi connectivity index (χ0n) is 12.2. The lowest BCUT2D eigenvalue weighted by Crippen LogP contribution is -2.40. The number of thioether (sulfide) groups is 1. The summed E-state index contributed by atoms with van der Waals surface area (Å²) in [4.78, 5) is 2.48. The van der Waals surface area contributed by atoms with Crippen LogP contribution in [0, 0.1) is 11.3 Å². The zero-order valence-corrected chi connectivity index (χ0v) is 13.8. The van der Waals surface area contributed by atoms with Crippen molar-refractivity contribution in [1.82, 2.24) is 4.90 Å². The van der Waals surface area contributed by atoms with Gasteiger partial charge in [-0.15, -0.1) is 0 Å². The van der Waals surface area contributed by atoms with E-state index in [1.54, 1.807) is 18.2 Å². The Kier molecular flexibility index (Phi) is 5.68. The maximum absolute atomic E-state index is 12.4. The highest BCUT2D eigenvalue weighted by Crippen LogP contribution is 2.21. The molecule has 1 aromatic carbocycles. The van der Waals surface area contributed by atoms with Crippen molar-refractivity contribution in [2.24, 2.45) is 0 Å². The fourth-order valence-electron chi connectivity index (χ4n) is 2.36. The number of hydrogen-bond acceptors (Lipinski definition) is 5. The second-order valence-corrected chi connectivity index (χ2v) is 8.68. The summed E-state index contributed by atoms with van der Waals surface area (Å²) in [6.45, 7) is 4.66. The van der Waals surface area contributed by atoms with E-state index in [4.69, 9.17) is 5.26 Å². The third kappa shape index (κ3) is 4.47. The first-order valence-electron chi connectivity index (χ1n) is 7.12. The van der Waals surface area contributed by atoms with Gasteiger partial charge in [0.2, 0.25) is 0 Å². The second-order valence-electron chi connectivity index (χ2n) is 5.16. The molecule has 0 amide bonds. The molecule has 1 unspecified atom stereocenters. The molecule has 1 aliphatic heterocycles. The Hall–Kier alpha value is -1.03. The summed E-state index contributed by atoms with van der Waals surface area (Å²) in [5.41, 5.74) is 0.386. The Bertz CT molecular complexity index is 623. The van der Waals surface area contributed by atoms with E-state index in [0.29, 0.717) is 17.4 Å². The van der Waals surface area contributed by atoms with E-state index in [-0.39, 0.29) is 10.6 Å². The summed E-state index contributed by atoms with van der Waals surface area (Å²) in [7, 11) is -3.32. The van der Waals surface area contributed by atoms with Crippen molar-refractivity contribution in [1.29, 1.82) is 5.26 Å². The predicted octanol–water partition coefficient (Wildman–Crippen LogP) is 2.16. The Morgan fingerprint density at radius 3 is 3.00 bits per heavy atom. The maximum Gasteiger partial charge on any atom is 0.179 e. The lowest BCUT2D eigenvalue weighted by atomic mass is 10.2. The number of sulfone groups is 1. The van der Waals surface area contributed by atoms with E-state index in [1.807, 2.05) is 17.8 Å². The molecule has 1 aromatic rings. The van der Waals surface area contributed by atoms with Gasteiger partial charge in [0, 0.05) is 30.6 Å². The molecular weight excluding hydrogens is 304 g/mol. The van der Waals surface area contributed by atoms with Gasteiger partial charge in [-0.2, -0.15) is 17.0 Å². The van der Waals surface area contributed by atoms with Crippen molar-refractivity contribution >= 4 is 21.6 Å². The molecule has 114 valence electrons. The van der Waals surface area contributed by atoms with Gasteiger partial charge in [0.15, 0.2) is 9.84 Å². The van der Waals surface area contributed by atoms with Gasteiger partial charge < -0.3 is 4.90 Å². The molecule has 0 spiro atoms. The molecule has 0 saturated carbocycles. The molecule has 2 rings (SSSR count). The highest BCUT2D eigenvalue weighted by Gasteiger charge is 2.22. The molecular formula is C15H20N2O2S2. The molecule has 0 aromatic heterocycles. The van der Waals surface area contributed by atoms with Crippen molar-refractivity contribution in [2.45, 2.75) is 23.5 Å². The predicted molar refractivity (Wildman–Crippen MR) is 86.2 cm³/mol. The molecule has 1 atom stereocenters. The van der Waals surface area contributed by atoms with Crippen molar-refractivity contribution < 1.29 is 8.42 Å². The standard InChI is InChI=1S/C15H20N2O2S2/c1-2-14-12-17(6-8-20-14)7-9-21(18,19)15-5-3-4-13(10-15)11-16/h3-5,10,14H,2,6-9,12H2,1H3. The Morgan fingerprint density at radius 1 is 1.48 bits per heavy atom. The number of benzene rings is 1. The van der Waals surface area contributed by atoms with Gasteiger partial charge in [0.1, 0.15) is 0 Å². The molecule has 1 heterocycles. The molecule has 0 N–H and O–H groups in total. The van der Waals surface area contributed by atoms with E-state index >= 15 is 0 Å². The Morgan fingerprint density at radius 2 is 2.29 bits per heavy atom. The monoisotopic (exact) mass is 324 g/mol. The van der Waals surface area contributed by atoms with E-state index in [9.17, 15) is 8.42 Å². The lowest BCUT2D eigenvalue weighted by Gasteiger charge is -2.31. The zero-order chi connectivity index (χ0) is 15.3. The third-order valence-electron chi connectivity index (χ3n) is 3.68. The van der Waals surface area contributed by atoms with Crippen molar-refractivity contribution in [3.05, 3.63) is 29.8 Å². The summed E-state index contributed by atoms with van der Waals surface area (Å²) >= 11 is 1.97. The molecule has 0 radical (unpaired) electrons. The van der Waals surface area contributed by atoms with E-state index in [0.717, 1.165) is 25.3 Å². The first-order chi connectivity index (χ1) is 10.0. The molecule has 4 nitrogen and oxygen atoms in total. The number of nitrogens with zero attached hydrogens (tertiary/aromatic N) is 2. The highest BCUT2D eigenvalue weighted by molar-refractivity contribution is 8.00. The molecule has 0 bridgehead atoms. The third-order valence-corrected chi connectivity index (χ3v) is 6.74. The maximum atomic E-state index is 12.4. The van der Waals surface area contributed by atoms with Gasteiger partial charge >= 0.3 is 0 Å². The van der Waals surface area contributed by atoms with Crippen molar-refractivity contribution in [2.75, 3.05) is 31.1 Å².